The van der Waals surface area contributed by atoms with E-state index in [0.717, 1.165) is 30.5 Å². The Kier molecular flexibility index (Phi) is 2.78. The van der Waals surface area contributed by atoms with Gasteiger partial charge in [0.05, 0.1) is 16.8 Å². The van der Waals surface area contributed by atoms with Crippen molar-refractivity contribution in [2.75, 3.05) is 0 Å². The van der Waals surface area contributed by atoms with Crippen molar-refractivity contribution < 1.29 is 14.3 Å². The van der Waals surface area contributed by atoms with E-state index in [4.69, 9.17) is 0 Å². The summed E-state index contributed by atoms with van der Waals surface area (Å²) in [4.78, 5) is 16.2. The Hall–Kier alpha value is -1.97. The van der Waals surface area contributed by atoms with E-state index in [1.165, 1.54) is 18.2 Å². The number of carbonyl (C=O) groups is 1. The van der Waals surface area contributed by atoms with Crippen LogP contribution < -0.4 is 0 Å². The molecule has 0 saturated heterocycles. The van der Waals surface area contributed by atoms with E-state index in [9.17, 15) is 14.3 Å². The Morgan fingerprint density at radius 3 is 2.85 bits per heavy atom. The molecule has 20 heavy (non-hydrogen) atoms. The molecule has 2 aromatic rings. The lowest BCUT2D eigenvalue weighted by molar-refractivity contribution is 0.0697. The van der Waals surface area contributed by atoms with Gasteiger partial charge in [0.15, 0.2) is 0 Å². The quantitative estimate of drug-likeness (QED) is 0.862. The van der Waals surface area contributed by atoms with Gasteiger partial charge >= 0.3 is 5.97 Å². The van der Waals surface area contributed by atoms with Crippen LogP contribution >= 0.6 is 0 Å². The van der Waals surface area contributed by atoms with E-state index in [2.05, 4.69) is 18.8 Å². The van der Waals surface area contributed by atoms with Crippen molar-refractivity contribution in [2.24, 2.45) is 0 Å². The highest BCUT2D eigenvalue weighted by molar-refractivity contribution is 6.04. The highest BCUT2D eigenvalue weighted by Crippen LogP contribution is 2.39. The minimum Gasteiger partial charge on any atom is -0.478 e. The molecule has 3 nitrogen and oxygen atoms in total. The molecule has 0 unspecified atom stereocenters. The normalized spacial score (nSPS) is 16.9. The predicted octanol–water partition coefficient (Wildman–Crippen LogP) is 3.69. The van der Waals surface area contributed by atoms with E-state index in [1.54, 1.807) is 0 Å². The van der Waals surface area contributed by atoms with Crippen LogP contribution in [-0.4, -0.2) is 16.1 Å². The van der Waals surface area contributed by atoms with Gasteiger partial charge in [-0.2, -0.15) is 0 Å². The standard InChI is InChI=1S/C16H16FNO2/c1-16(2)7-3-4-11-13(15(19)20)10-6-5-9(17)8-12(10)18-14(11)16/h5-6,8H,3-4,7H2,1-2H3,(H,19,20). The molecule has 0 saturated carbocycles. The maximum absolute atomic E-state index is 13.4. The third kappa shape index (κ3) is 1.87. The smallest absolute Gasteiger partial charge is 0.336 e. The summed E-state index contributed by atoms with van der Waals surface area (Å²) in [5, 5.41) is 10.1. The number of carboxylic acids is 1. The number of rotatable bonds is 1. The van der Waals surface area contributed by atoms with Crippen molar-refractivity contribution in [3.63, 3.8) is 0 Å². The molecule has 4 heteroatoms. The molecule has 1 aliphatic rings. The molecular weight excluding hydrogens is 257 g/mol. The lowest BCUT2D eigenvalue weighted by atomic mass is 9.74. The van der Waals surface area contributed by atoms with Gasteiger partial charge in [-0.1, -0.05) is 13.8 Å². The third-order valence-corrected chi connectivity index (χ3v) is 4.13. The van der Waals surface area contributed by atoms with Crippen LogP contribution in [0.15, 0.2) is 18.2 Å². The van der Waals surface area contributed by atoms with Crippen LogP contribution in [0, 0.1) is 5.82 Å². The van der Waals surface area contributed by atoms with E-state index in [1.807, 2.05) is 0 Å². The Labute approximate surface area is 116 Å². The van der Waals surface area contributed by atoms with Crippen molar-refractivity contribution in [2.45, 2.75) is 38.5 Å². The van der Waals surface area contributed by atoms with Crippen LogP contribution in [0.3, 0.4) is 0 Å². The van der Waals surface area contributed by atoms with Crippen LogP contribution in [0.5, 0.6) is 0 Å². The van der Waals surface area contributed by atoms with Gasteiger partial charge < -0.3 is 5.11 Å². The first-order valence-corrected chi connectivity index (χ1v) is 6.76. The molecule has 1 aromatic carbocycles. The molecule has 1 heterocycles. The van der Waals surface area contributed by atoms with E-state index in [-0.39, 0.29) is 11.0 Å². The molecule has 1 N–H and O–H groups in total. The molecular formula is C16H16FNO2. The number of nitrogens with zero attached hydrogens (tertiary/aromatic N) is 1. The molecule has 3 rings (SSSR count). The molecule has 1 aromatic heterocycles. The summed E-state index contributed by atoms with van der Waals surface area (Å²) in [6.45, 7) is 4.13. The summed E-state index contributed by atoms with van der Waals surface area (Å²) in [6.07, 6.45) is 2.64. The fourth-order valence-corrected chi connectivity index (χ4v) is 3.15. The molecule has 1 aliphatic carbocycles. The second-order valence-corrected chi connectivity index (χ2v) is 6.02. The SMILES string of the molecule is CC1(C)CCCc2c1nc1cc(F)ccc1c2C(=O)O. The van der Waals surface area contributed by atoms with Crippen LogP contribution in [0.25, 0.3) is 10.9 Å². The van der Waals surface area contributed by atoms with E-state index in [0.29, 0.717) is 10.9 Å². The number of hydrogen-bond donors (Lipinski definition) is 1. The first kappa shape index (κ1) is 13.0. The topological polar surface area (TPSA) is 50.2 Å². The van der Waals surface area contributed by atoms with Crippen LogP contribution in [0.2, 0.25) is 0 Å². The fraction of sp³-hybridized carbons (Fsp3) is 0.375. The molecule has 0 spiro atoms. The van der Waals surface area contributed by atoms with Crippen molar-refractivity contribution in [3.8, 4) is 0 Å². The number of hydrogen-bond acceptors (Lipinski definition) is 2. The second-order valence-electron chi connectivity index (χ2n) is 6.02. The minimum atomic E-state index is -0.960. The van der Waals surface area contributed by atoms with Crippen molar-refractivity contribution in [1.29, 1.82) is 0 Å². The highest BCUT2D eigenvalue weighted by Gasteiger charge is 2.33. The molecule has 0 amide bonds. The van der Waals surface area contributed by atoms with Gasteiger partial charge in [-0.05, 0) is 37.0 Å². The summed E-state index contributed by atoms with van der Waals surface area (Å²) >= 11 is 0. The van der Waals surface area contributed by atoms with Gasteiger partial charge in [-0.15, -0.1) is 0 Å². The number of halogens is 1. The fourth-order valence-electron chi connectivity index (χ4n) is 3.15. The molecule has 0 radical (unpaired) electrons. The summed E-state index contributed by atoms with van der Waals surface area (Å²) in [6, 6.07) is 4.12. The average molecular weight is 273 g/mol. The maximum atomic E-state index is 13.4. The first-order chi connectivity index (χ1) is 9.40. The summed E-state index contributed by atoms with van der Waals surface area (Å²) in [7, 11) is 0. The van der Waals surface area contributed by atoms with Gasteiger partial charge in [-0.25, -0.2) is 9.18 Å². The van der Waals surface area contributed by atoms with Gasteiger partial charge in [-0.3, -0.25) is 4.98 Å². The highest BCUT2D eigenvalue weighted by atomic mass is 19.1. The average Bonchev–Trinajstić information content (AvgIpc) is 2.36. The van der Waals surface area contributed by atoms with E-state index >= 15 is 0 Å². The van der Waals surface area contributed by atoms with Crippen LogP contribution in [-0.2, 0) is 11.8 Å². The van der Waals surface area contributed by atoms with E-state index < -0.39 is 11.8 Å². The number of carboxylic acid groups (broad SMARTS) is 1. The monoisotopic (exact) mass is 273 g/mol. The van der Waals surface area contributed by atoms with Crippen molar-refractivity contribution >= 4 is 16.9 Å². The zero-order valence-electron chi connectivity index (χ0n) is 11.5. The minimum absolute atomic E-state index is 0.168. The Balaban J connectivity index is 2.44. The number of aromatic nitrogens is 1. The number of benzene rings is 1. The zero-order chi connectivity index (χ0) is 14.5. The Morgan fingerprint density at radius 1 is 1.40 bits per heavy atom. The molecule has 0 atom stereocenters. The van der Waals surface area contributed by atoms with Gasteiger partial charge in [0.25, 0.3) is 0 Å². The first-order valence-electron chi connectivity index (χ1n) is 6.76. The second kappa shape index (κ2) is 4.27. The van der Waals surface area contributed by atoms with Gasteiger partial charge in [0.1, 0.15) is 5.82 Å². The summed E-state index contributed by atoms with van der Waals surface area (Å²) < 4.78 is 13.4. The molecule has 0 fully saturated rings. The number of fused-ring (bicyclic) bond motifs is 2. The van der Waals surface area contributed by atoms with Crippen LogP contribution in [0.4, 0.5) is 4.39 Å². The van der Waals surface area contributed by atoms with Crippen molar-refractivity contribution in [3.05, 3.63) is 40.8 Å². The number of pyridine rings is 1. The molecule has 0 aliphatic heterocycles. The number of aromatic carboxylic acids is 1. The summed E-state index contributed by atoms with van der Waals surface area (Å²) in [5.41, 5.74) is 2.17. The largest absolute Gasteiger partial charge is 0.478 e. The maximum Gasteiger partial charge on any atom is 0.336 e. The molecule has 104 valence electrons. The lowest BCUT2D eigenvalue weighted by Crippen LogP contribution is -2.27. The Morgan fingerprint density at radius 2 is 2.15 bits per heavy atom. The Bertz CT molecular complexity index is 722. The van der Waals surface area contributed by atoms with Crippen molar-refractivity contribution in [1.82, 2.24) is 4.98 Å². The van der Waals surface area contributed by atoms with Gasteiger partial charge in [0.2, 0.25) is 0 Å². The third-order valence-electron chi connectivity index (χ3n) is 4.13. The van der Waals surface area contributed by atoms with Gasteiger partial charge in [0, 0.05) is 16.9 Å². The van der Waals surface area contributed by atoms with Crippen LogP contribution in [0.1, 0.15) is 48.3 Å². The summed E-state index contributed by atoms with van der Waals surface area (Å²) in [5.74, 6) is -1.35. The zero-order valence-corrected chi connectivity index (χ0v) is 11.5. The predicted molar refractivity (Wildman–Crippen MR) is 74.6 cm³/mol. The lowest BCUT2D eigenvalue weighted by Gasteiger charge is -2.32. The molecule has 0 bridgehead atoms.